The van der Waals surface area contributed by atoms with E-state index >= 15 is 0 Å². The second kappa shape index (κ2) is 4.58. The third-order valence-corrected chi connectivity index (χ3v) is 2.63. The number of carboxylic acids is 1. The van der Waals surface area contributed by atoms with Crippen LogP contribution in [0.5, 0.6) is 0 Å². The molecule has 18 heavy (non-hydrogen) atoms. The molecule has 1 aliphatic rings. The molecule has 0 radical (unpaired) electrons. The second-order valence-electron chi connectivity index (χ2n) is 3.92. The summed E-state index contributed by atoms with van der Waals surface area (Å²) in [6.07, 6.45) is 0. The number of amides is 2. The molecule has 2 rings (SSSR count). The number of carbonyl (C=O) groups excluding carboxylic acids is 2. The molecule has 94 valence electrons. The Morgan fingerprint density at radius 1 is 1.28 bits per heavy atom. The van der Waals surface area contributed by atoms with Crippen LogP contribution in [0, 0.1) is 6.92 Å². The summed E-state index contributed by atoms with van der Waals surface area (Å²) < 4.78 is 4.81. The SMILES string of the molecule is Cc1cc(C(=O)O)ccc1N1C(=O)COCC1=O. The molecular formula is C12H11NO5. The first-order valence-corrected chi connectivity index (χ1v) is 5.28. The van der Waals surface area contributed by atoms with E-state index in [-0.39, 0.29) is 18.8 Å². The minimum atomic E-state index is -1.05. The van der Waals surface area contributed by atoms with Crippen LogP contribution in [0.4, 0.5) is 5.69 Å². The molecule has 0 aliphatic carbocycles. The maximum atomic E-state index is 11.6. The van der Waals surface area contributed by atoms with Gasteiger partial charge in [0.15, 0.2) is 0 Å². The summed E-state index contributed by atoms with van der Waals surface area (Å²) in [4.78, 5) is 35.1. The van der Waals surface area contributed by atoms with E-state index in [0.29, 0.717) is 11.3 Å². The van der Waals surface area contributed by atoms with Crippen molar-refractivity contribution in [1.82, 2.24) is 0 Å². The predicted molar refractivity (Wildman–Crippen MR) is 61.5 cm³/mol. The van der Waals surface area contributed by atoms with E-state index in [0.717, 1.165) is 4.90 Å². The van der Waals surface area contributed by atoms with Crippen LogP contribution in [0.2, 0.25) is 0 Å². The Bertz CT molecular complexity index is 521. The van der Waals surface area contributed by atoms with Crippen molar-refractivity contribution in [3.05, 3.63) is 29.3 Å². The summed E-state index contributed by atoms with van der Waals surface area (Å²) in [6, 6.07) is 4.24. The topological polar surface area (TPSA) is 83.9 Å². The zero-order valence-corrected chi connectivity index (χ0v) is 9.67. The van der Waals surface area contributed by atoms with Crippen molar-refractivity contribution < 1.29 is 24.2 Å². The zero-order valence-electron chi connectivity index (χ0n) is 9.67. The molecule has 1 saturated heterocycles. The number of ether oxygens (including phenoxy) is 1. The molecule has 6 nitrogen and oxygen atoms in total. The Morgan fingerprint density at radius 2 is 1.89 bits per heavy atom. The van der Waals surface area contributed by atoms with Crippen molar-refractivity contribution >= 4 is 23.5 Å². The first kappa shape index (κ1) is 12.3. The Balaban J connectivity index is 2.41. The molecule has 1 aliphatic heterocycles. The molecule has 1 heterocycles. The quantitative estimate of drug-likeness (QED) is 0.775. The number of aryl methyl sites for hydroxylation is 1. The van der Waals surface area contributed by atoms with E-state index < -0.39 is 17.8 Å². The molecule has 0 bridgehead atoms. The number of carbonyl (C=O) groups is 3. The molecule has 1 aromatic carbocycles. The van der Waals surface area contributed by atoms with Gasteiger partial charge in [0.1, 0.15) is 13.2 Å². The highest BCUT2D eigenvalue weighted by atomic mass is 16.5. The highest BCUT2D eigenvalue weighted by Crippen LogP contribution is 2.23. The average Bonchev–Trinajstić information content (AvgIpc) is 2.30. The van der Waals surface area contributed by atoms with Crippen molar-refractivity contribution in [2.24, 2.45) is 0 Å². The first-order valence-electron chi connectivity index (χ1n) is 5.28. The van der Waals surface area contributed by atoms with Gasteiger partial charge in [-0.1, -0.05) is 0 Å². The van der Waals surface area contributed by atoms with Crippen molar-refractivity contribution in [2.75, 3.05) is 18.1 Å². The van der Waals surface area contributed by atoms with Gasteiger partial charge in [-0.05, 0) is 30.7 Å². The number of hydrogen-bond donors (Lipinski definition) is 1. The lowest BCUT2D eigenvalue weighted by Crippen LogP contribution is -2.46. The van der Waals surface area contributed by atoms with E-state index in [4.69, 9.17) is 9.84 Å². The van der Waals surface area contributed by atoms with Gasteiger partial charge in [-0.15, -0.1) is 0 Å². The largest absolute Gasteiger partial charge is 0.478 e. The molecule has 0 spiro atoms. The molecular weight excluding hydrogens is 238 g/mol. The highest BCUT2D eigenvalue weighted by molar-refractivity contribution is 6.17. The van der Waals surface area contributed by atoms with Crippen LogP contribution in [-0.4, -0.2) is 36.1 Å². The van der Waals surface area contributed by atoms with Crippen LogP contribution < -0.4 is 4.90 Å². The molecule has 0 aromatic heterocycles. The fourth-order valence-corrected chi connectivity index (χ4v) is 1.80. The van der Waals surface area contributed by atoms with Crippen molar-refractivity contribution in [3.63, 3.8) is 0 Å². The summed E-state index contributed by atoms with van der Waals surface area (Å²) in [5, 5.41) is 8.85. The fourth-order valence-electron chi connectivity index (χ4n) is 1.80. The summed E-state index contributed by atoms with van der Waals surface area (Å²) in [5.41, 5.74) is 1.07. The van der Waals surface area contributed by atoms with Gasteiger partial charge in [-0.25, -0.2) is 9.69 Å². The van der Waals surface area contributed by atoms with E-state index in [9.17, 15) is 14.4 Å². The molecule has 0 unspecified atom stereocenters. The third kappa shape index (κ3) is 2.10. The van der Waals surface area contributed by atoms with Gasteiger partial charge in [0.2, 0.25) is 0 Å². The van der Waals surface area contributed by atoms with Crippen LogP contribution in [0.25, 0.3) is 0 Å². The standard InChI is InChI=1S/C12H11NO5/c1-7-4-8(12(16)17)2-3-9(7)13-10(14)5-18-6-11(13)15/h2-4H,5-6H2,1H3,(H,16,17). The Hall–Kier alpha value is -2.21. The van der Waals surface area contributed by atoms with Crippen LogP contribution in [0.1, 0.15) is 15.9 Å². The molecule has 1 N–H and O–H groups in total. The van der Waals surface area contributed by atoms with E-state index in [1.165, 1.54) is 18.2 Å². The van der Waals surface area contributed by atoms with E-state index in [1.54, 1.807) is 6.92 Å². The van der Waals surface area contributed by atoms with Gasteiger partial charge in [0, 0.05) is 0 Å². The minimum absolute atomic E-state index is 0.115. The van der Waals surface area contributed by atoms with Crippen molar-refractivity contribution in [1.29, 1.82) is 0 Å². The van der Waals surface area contributed by atoms with Gasteiger partial charge in [-0.3, -0.25) is 9.59 Å². The Kier molecular flexibility index (Phi) is 3.12. The summed E-state index contributed by atoms with van der Waals surface area (Å²) >= 11 is 0. The number of nitrogens with zero attached hydrogens (tertiary/aromatic N) is 1. The molecule has 2 amide bonds. The maximum Gasteiger partial charge on any atom is 0.335 e. The van der Waals surface area contributed by atoms with Gasteiger partial charge in [-0.2, -0.15) is 0 Å². The number of hydrogen-bond acceptors (Lipinski definition) is 4. The van der Waals surface area contributed by atoms with Gasteiger partial charge in [0.25, 0.3) is 11.8 Å². The number of rotatable bonds is 2. The maximum absolute atomic E-state index is 11.6. The lowest BCUT2D eigenvalue weighted by molar-refractivity contribution is -0.138. The number of morpholine rings is 1. The molecule has 1 fully saturated rings. The van der Waals surface area contributed by atoms with Crippen LogP contribution in [0.15, 0.2) is 18.2 Å². The average molecular weight is 249 g/mol. The smallest absolute Gasteiger partial charge is 0.335 e. The third-order valence-electron chi connectivity index (χ3n) is 2.63. The van der Waals surface area contributed by atoms with Crippen LogP contribution >= 0.6 is 0 Å². The van der Waals surface area contributed by atoms with Gasteiger partial charge in [0.05, 0.1) is 11.3 Å². The molecule has 0 atom stereocenters. The van der Waals surface area contributed by atoms with E-state index in [1.807, 2.05) is 0 Å². The van der Waals surface area contributed by atoms with Crippen LogP contribution in [0.3, 0.4) is 0 Å². The van der Waals surface area contributed by atoms with Crippen LogP contribution in [-0.2, 0) is 14.3 Å². The molecule has 0 saturated carbocycles. The monoisotopic (exact) mass is 249 g/mol. The lowest BCUT2D eigenvalue weighted by Gasteiger charge is -2.26. The zero-order chi connectivity index (χ0) is 13.3. The van der Waals surface area contributed by atoms with Crippen molar-refractivity contribution in [3.8, 4) is 0 Å². The molecule has 6 heteroatoms. The first-order chi connectivity index (χ1) is 8.50. The summed E-state index contributed by atoms with van der Waals surface area (Å²) in [5.74, 6) is -1.95. The fraction of sp³-hybridized carbons (Fsp3) is 0.250. The summed E-state index contributed by atoms with van der Waals surface area (Å²) in [7, 11) is 0. The van der Waals surface area contributed by atoms with E-state index in [2.05, 4.69) is 0 Å². The Labute approximate surface area is 103 Å². The van der Waals surface area contributed by atoms with Crippen molar-refractivity contribution in [2.45, 2.75) is 6.92 Å². The van der Waals surface area contributed by atoms with Gasteiger partial charge >= 0.3 is 5.97 Å². The van der Waals surface area contributed by atoms with Gasteiger partial charge < -0.3 is 9.84 Å². The number of benzene rings is 1. The second-order valence-corrected chi connectivity index (χ2v) is 3.92. The predicted octanol–water partition coefficient (Wildman–Crippen LogP) is 0.583. The Morgan fingerprint density at radius 3 is 2.39 bits per heavy atom. The number of anilines is 1. The number of carboxylic acid groups (broad SMARTS) is 1. The normalized spacial score (nSPS) is 15.9. The minimum Gasteiger partial charge on any atom is -0.478 e. The lowest BCUT2D eigenvalue weighted by atomic mass is 10.1. The number of imide groups is 1. The summed E-state index contributed by atoms with van der Waals surface area (Å²) in [6.45, 7) is 1.36. The molecule has 1 aromatic rings. The highest BCUT2D eigenvalue weighted by Gasteiger charge is 2.29. The number of aromatic carboxylic acids is 1.